The molecule has 8 heteroatoms. The first kappa shape index (κ1) is 16.1. The Bertz CT molecular complexity index is 587. The molecule has 1 rings (SSSR count). The van der Waals surface area contributed by atoms with E-state index in [4.69, 9.17) is 27.0 Å². The molecule has 106 valence electrons. The Morgan fingerprint density at radius 1 is 1.42 bits per heavy atom. The van der Waals surface area contributed by atoms with Crippen molar-refractivity contribution in [1.29, 1.82) is 0 Å². The van der Waals surface area contributed by atoms with Crippen molar-refractivity contribution in [1.82, 2.24) is 5.32 Å². The first-order valence-corrected chi connectivity index (χ1v) is 8.10. The number of benzene rings is 1. The van der Waals surface area contributed by atoms with Crippen molar-refractivity contribution in [3.05, 3.63) is 22.7 Å². The lowest BCUT2D eigenvalue weighted by atomic mass is 10.2. The van der Waals surface area contributed by atoms with Gasteiger partial charge in [0.05, 0.1) is 12.7 Å². The van der Waals surface area contributed by atoms with Crippen LogP contribution in [0.2, 0.25) is 5.02 Å². The number of amides is 1. The fraction of sp³-hybridized carbons (Fsp3) is 0.364. The summed E-state index contributed by atoms with van der Waals surface area (Å²) in [6.07, 6.45) is 0.745. The molecule has 0 aliphatic carbocycles. The Morgan fingerprint density at radius 2 is 2.05 bits per heavy atom. The van der Waals surface area contributed by atoms with Gasteiger partial charge in [0.25, 0.3) is 15.0 Å². The minimum atomic E-state index is -4.06. The summed E-state index contributed by atoms with van der Waals surface area (Å²) in [6.45, 7) is 2.35. The van der Waals surface area contributed by atoms with E-state index in [-0.39, 0.29) is 21.2 Å². The van der Waals surface area contributed by atoms with Gasteiger partial charge in [-0.25, -0.2) is 8.42 Å². The number of carbonyl (C=O) groups excluding carboxylic acids is 1. The van der Waals surface area contributed by atoms with Crippen molar-refractivity contribution in [2.45, 2.75) is 18.2 Å². The van der Waals surface area contributed by atoms with Crippen LogP contribution < -0.4 is 10.1 Å². The maximum atomic E-state index is 11.9. The summed E-state index contributed by atoms with van der Waals surface area (Å²) in [6, 6.07) is 2.47. The highest BCUT2D eigenvalue weighted by Crippen LogP contribution is 2.33. The zero-order chi connectivity index (χ0) is 14.6. The third kappa shape index (κ3) is 3.99. The topological polar surface area (TPSA) is 72.5 Å². The third-order valence-corrected chi connectivity index (χ3v) is 3.81. The van der Waals surface area contributed by atoms with Crippen LogP contribution in [-0.2, 0) is 9.05 Å². The number of methoxy groups -OCH3 is 1. The Balaban J connectivity index is 3.40. The average molecular weight is 326 g/mol. The molecule has 0 aliphatic heterocycles. The summed E-state index contributed by atoms with van der Waals surface area (Å²) in [4.78, 5) is 11.6. The molecule has 0 radical (unpaired) electrons. The Morgan fingerprint density at radius 3 is 2.53 bits per heavy atom. The molecule has 1 aromatic rings. The van der Waals surface area contributed by atoms with E-state index in [9.17, 15) is 13.2 Å². The number of hydrogen-bond donors (Lipinski definition) is 1. The summed E-state index contributed by atoms with van der Waals surface area (Å²) in [5, 5.41) is 2.70. The number of carbonyl (C=O) groups is 1. The van der Waals surface area contributed by atoms with E-state index >= 15 is 0 Å². The van der Waals surface area contributed by atoms with Crippen LogP contribution in [-0.4, -0.2) is 28.0 Å². The summed E-state index contributed by atoms with van der Waals surface area (Å²) in [5.74, 6) is -0.587. The summed E-state index contributed by atoms with van der Waals surface area (Å²) in [5.41, 5.74) is 0.0303. The third-order valence-electron chi connectivity index (χ3n) is 2.27. The maximum absolute atomic E-state index is 11.9. The zero-order valence-corrected chi connectivity index (χ0v) is 12.7. The van der Waals surface area contributed by atoms with Gasteiger partial charge in [-0.05, 0) is 18.6 Å². The van der Waals surface area contributed by atoms with Crippen molar-refractivity contribution in [2.24, 2.45) is 0 Å². The van der Waals surface area contributed by atoms with Crippen LogP contribution in [0.3, 0.4) is 0 Å². The molecule has 0 saturated carbocycles. The molecule has 0 aliphatic rings. The molecular weight excluding hydrogens is 313 g/mol. The minimum absolute atomic E-state index is 0.0303. The molecule has 1 N–H and O–H groups in total. The Hall–Kier alpha value is -0.980. The van der Waals surface area contributed by atoms with Crippen LogP contribution in [0.25, 0.3) is 0 Å². The zero-order valence-electron chi connectivity index (χ0n) is 10.4. The molecule has 0 atom stereocenters. The van der Waals surface area contributed by atoms with Gasteiger partial charge in [0, 0.05) is 22.2 Å². The SMILES string of the molecule is CCCNC(=O)c1cc(Cl)cc(S(=O)(=O)Cl)c1OC. The molecule has 1 aromatic carbocycles. The van der Waals surface area contributed by atoms with Crippen LogP contribution in [0.15, 0.2) is 17.0 Å². The molecular formula is C11H13Cl2NO4S. The quantitative estimate of drug-likeness (QED) is 0.844. The Labute approximate surface area is 121 Å². The molecule has 0 saturated heterocycles. The highest BCUT2D eigenvalue weighted by atomic mass is 35.7. The highest BCUT2D eigenvalue weighted by molar-refractivity contribution is 8.13. The lowest BCUT2D eigenvalue weighted by molar-refractivity contribution is 0.0950. The minimum Gasteiger partial charge on any atom is -0.494 e. The number of rotatable bonds is 5. The first-order valence-electron chi connectivity index (χ1n) is 5.41. The maximum Gasteiger partial charge on any atom is 0.265 e. The second-order valence-corrected chi connectivity index (χ2v) is 6.65. The molecule has 19 heavy (non-hydrogen) atoms. The molecule has 0 spiro atoms. The van der Waals surface area contributed by atoms with E-state index in [0.717, 1.165) is 12.5 Å². The molecule has 0 heterocycles. The van der Waals surface area contributed by atoms with E-state index < -0.39 is 15.0 Å². The molecule has 0 fully saturated rings. The van der Waals surface area contributed by atoms with Crippen molar-refractivity contribution in [2.75, 3.05) is 13.7 Å². The van der Waals surface area contributed by atoms with Crippen molar-refractivity contribution in [3.8, 4) is 5.75 Å². The van der Waals surface area contributed by atoms with Crippen molar-refractivity contribution >= 4 is 37.2 Å². The Kier molecular flexibility index (Phi) is 5.46. The highest BCUT2D eigenvalue weighted by Gasteiger charge is 2.24. The monoisotopic (exact) mass is 325 g/mol. The van der Waals surface area contributed by atoms with E-state index in [1.165, 1.54) is 13.2 Å². The standard InChI is InChI=1S/C11H13Cl2NO4S/c1-3-4-14-11(15)8-5-7(12)6-9(10(8)18-2)19(13,16)17/h5-6H,3-4H2,1-2H3,(H,14,15). The van der Waals surface area contributed by atoms with Gasteiger partial charge in [-0.1, -0.05) is 18.5 Å². The number of hydrogen-bond acceptors (Lipinski definition) is 4. The van der Waals surface area contributed by atoms with Crippen LogP contribution >= 0.6 is 22.3 Å². The van der Waals surface area contributed by atoms with Gasteiger partial charge in [-0.2, -0.15) is 0 Å². The van der Waals surface area contributed by atoms with Crippen LogP contribution in [0, 0.1) is 0 Å². The summed E-state index contributed by atoms with van der Waals surface area (Å²) >= 11 is 5.80. The lowest BCUT2D eigenvalue weighted by Gasteiger charge is -2.12. The summed E-state index contributed by atoms with van der Waals surface area (Å²) < 4.78 is 27.9. The van der Waals surface area contributed by atoms with Gasteiger partial charge in [0.15, 0.2) is 5.75 Å². The van der Waals surface area contributed by atoms with Crippen molar-refractivity contribution in [3.63, 3.8) is 0 Å². The van der Waals surface area contributed by atoms with Crippen LogP contribution in [0.1, 0.15) is 23.7 Å². The van der Waals surface area contributed by atoms with Crippen LogP contribution in [0.4, 0.5) is 0 Å². The second kappa shape index (κ2) is 6.45. The normalized spacial score (nSPS) is 11.2. The van der Waals surface area contributed by atoms with Gasteiger partial charge in [0.1, 0.15) is 4.90 Å². The predicted octanol–water partition coefficient (Wildman–Crippen LogP) is 2.42. The first-order chi connectivity index (χ1) is 8.81. The second-order valence-electron chi connectivity index (χ2n) is 3.68. The number of ether oxygens (including phenoxy) is 1. The molecule has 0 aromatic heterocycles. The summed E-state index contributed by atoms with van der Waals surface area (Å²) in [7, 11) is 2.49. The number of nitrogens with one attached hydrogen (secondary N) is 1. The molecule has 0 bridgehead atoms. The van der Waals surface area contributed by atoms with Gasteiger partial charge in [0.2, 0.25) is 0 Å². The van der Waals surface area contributed by atoms with E-state index in [2.05, 4.69) is 5.32 Å². The van der Waals surface area contributed by atoms with E-state index in [0.29, 0.717) is 6.54 Å². The molecule has 1 amide bonds. The largest absolute Gasteiger partial charge is 0.494 e. The van der Waals surface area contributed by atoms with Gasteiger partial charge >= 0.3 is 0 Å². The smallest absolute Gasteiger partial charge is 0.265 e. The van der Waals surface area contributed by atoms with E-state index in [1.807, 2.05) is 6.92 Å². The van der Waals surface area contributed by atoms with Gasteiger partial charge < -0.3 is 10.1 Å². The van der Waals surface area contributed by atoms with Gasteiger partial charge in [-0.3, -0.25) is 4.79 Å². The fourth-order valence-corrected chi connectivity index (χ4v) is 2.77. The molecule has 5 nitrogen and oxygen atoms in total. The van der Waals surface area contributed by atoms with Gasteiger partial charge in [-0.15, -0.1) is 0 Å². The average Bonchev–Trinajstić information content (AvgIpc) is 2.33. The predicted molar refractivity (Wildman–Crippen MR) is 73.7 cm³/mol. The molecule has 0 unspecified atom stereocenters. The number of halogens is 2. The fourth-order valence-electron chi connectivity index (χ4n) is 1.46. The van der Waals surface area contributed by atoms with Crippen LogP contribution in [0.5, 0.6) is 5.75 Å². The lowest BCUT2D eigenvalue weighted by Crippen LogP contribution is -2.24. The van der Waals surface area contributed by atoms with E-state index in [1.54, 1.807) is 0 Å². The van der Waals surface area contributed by atoms with Crippen molar-refractivity contribution < 1.29 is 17.9 Å².